The van der Waals surface area contributed by atoms with Crippen LogP contribution in [0.2, 0.25) is 0 Å². The molecular weight excluding hydrogens is 555 g/mol. The summed E-state index contributed by atoms with van der Waals surface area (Å²) in [6.07, 6.45) is -4.44. The summed E-state index contributed by atoms with van der Waals surface area (Å²) < 4.78 is 66.2. The number of rotatable bonds is 6. The molecule has 0 unspecified atom stereocenters. The summed E-state index contributed by atoms with van der Waals surface area (Å²) in [5.74, 6) is -3.17. The Kier molecular flexibility index (Phi) is 7.10. The molecule has 6 nitrogen and oxygen atoms in total. The molecule has 4 heterocycles. The van der Waals surface area contributed by atoms with Crippen LogP contribution in [0.4, 0.5) is 22.0 Å². The van der Waals surface area contributed by atoms with Gasteiger partial charge in [-0.05, 0) is 55.8 Å². The van der Waals surface area contributed by atoms with Crippen LogP contribution in [0, 0.1) is 31.6 Å². The van der Waals surface area contributed by atoms with E-state index in [1.54, 1.807) is 9.80 Å². The lowest BCUT2D eigenvalue weighted by molar-refractivity contribution is -0.167. The van der Waals surface area contributed by atoms with E-state index in [0.717, 1.165) is 37.7 Å². The van der Waals surface area contributed by atoms with Crippen LogP contribution in [-0.2, 0) is 16.4 Å². The van der Waals surface area contributed by atoms with Gasteiger partial charge in [0.2, 0.25) is 11.8 Å². The van der Waals surface area contributed by atoms with E-state index in [9.17, 15) is 31.5 Å². The number of aryl methyl sites for hydroxylation is 2. The van der Waals surface area contributed by atoms with Crippen molar-refractivity contribution in [3.8, 4) is 0 Å². The molecule has 6 rings (SSSR count). The molecule has 1 aliphatic carbocycles. The summed E-state index contributed by atoms with van der Waals surface area (Å²) in [7, 11) is 0. The van der Waals surface area contributed by atoms with Crippen molar-refractivity contribution in [2.75, 3.05) is 45.8 Å². The molecule has 4 aliphatic rings. The van der Waals surface area contributed by atoms with Crippen LogP contribution >= 0.6 is 0 Å². The number of halogens is 5. The Morgan fingerprint density at radius 2 is 1.57 bits per heavy atom. The molecule has 0 bridgehead atoms. The lowest BCUT2D eigenvalue weighted by Gasteiger charge is -2.53. The number of carbonyl (C=O) groups is 2. The molecular formula is C31H35F5N4O2. The minimum absolute atomic E-state index is 0.0938. The highest BCUT2D eigenvalue weighted by Crippen LogP contribution is 2.46. The number of aromatic nitrogens is 1. The Bertz CT molecular complexity index is 1330. The maximum absolute atomic E-state index is 13.3. The molecule has 2 atom stereocenters. The number of pyridine rings is 1. The third-order valence-electron chi connectivity index (χ3n) is 9.78. The third-order valence-corrected chi connectivity index (χ3v) is 9.78. The molecule has 0 N–H and O–H groups in total. The Labute approximate surface area is 241 Å². The first-order valence-corrected chi connectivity index (χ1v) is 14.5. The van der Waals surface area contributed by atoms with Gasteiger partial charge >= 0.3 is 6.18 Å². The van der Waals surface area contributed by atoms with Crippen LogP contribution in [0.15, 0.2) is 36.4 Å². The molecule has 3 aliphatic heterocycles. The number of carbonyl (C=O) groups excluding carboxylic acids is 2. The van der Waals surface area contributed by atoms with Crippen LogP contribution in [0.5, 0.6) is 0 Å². The Hall–Kier alpha value is -3.08. The first kappa shape index (κ1) is 29.0. The minimum Gasteiger partial charge on any atom is -0.341 e. The standard InChI is InChI=1S/C31H35F5N4O2/c1-19-10-25(31(34,35)36)37-20(2)26(19)28(42)39-15-22-13-38(14-23(22)16-39)9-8-29(24-6-4-3-5-7-24)17-40(18-29)27(41)21-11-30(32,33)12-21/h3-7,10,21-23H,8-9,11-18H2,1-2H3/t22-,23+. The van der Waals surface area contributed by atoms with Crippen LogP contribution in [-0.4, -0.2) is 83.2 Å². The number of benzene rings is 1. The third kappa shape index (κ3) is 5.29. The average molecular weight is 591 g/mol. The zero-order valence-electron chi connectivity index (χ0n) is 23.8. The van der Waals surface area contributed by atoms with Gasteiger partial charge < -0.3 is 14.7 Å². The molecule has 11 heteroatoms. The molecule has 3 saturated heterocycles. The van der Waals surface area contributed by atoms with E-state index < -0.39 is 23.7 Å². The van der Waals surface area contributed by atoms with Crippen molar-refractivity contribution in [3.63, 3.8) is 0 Å². The highest BCUT2D eigenvalue weighted by molar-refractivity contribution is 5.97. The first-order valence-electron chi connectivity index (χ1n) is 14.5. The summed E-state index contributed by atoms with van der Waals surface area (Å²) in [5.41, 5.74) is 0.576. The Morgan fingerprint density at radius 1 is 0.952 bits per heavy atom. The highest BCUT2D eigenvalue weighted by Gasteiger charge is 2.54. The first-order chi connectivity index (χ1) is 19.7. The van der Waals surface area contributed by atoms with Crippen molar-refractivity contribution in [2.24, 2.45) is 17.8 Å². The topological polar surface area (TPSA) is 56.8 Å². The van der Waals surface area contributed by atoms with Crippen molar-refractivity contribution in [1.29, 1.82) is 0 Å². The van der Waals surface area contributed by atoms with Crippen molar-refractivity contribution < 1.29 is 31.5 Å². The number of hydrogen-bond donors (Lipinski definition) is 0. The van der Waals surface area contributed by atoms with Gasteiger partial charge in [0.05, 0.1) is 11.3 Å². The van der Waals surface area contributed by atoms with Crippen molar-refractivity contribution >= 4 is 11.8 Å². The fraction of sp³-hybridized carbons (Fsp3) is 0.581. The van der Waals surface area contributed by atoms with Crippen LogP contribution < -0.4 is 0 Å². The monoisotopic (exact) mass is 590 g/mol. The van der Waals surface area contributed by atoms with Gasteiger partial charge in [-0.15, -0.1) is 0 Å². The largest absolute Gasteiger partial charge is 0.433 e. The molecule has 0 radical (unpaired) electrons. The summed E-state index contributed by atoms with van der Waals surface area (Å²) in [6.45, 7) is 7.60. The quantitative estimate of drug-likeness (QED) is 0.448. The fourth-order valence-corrected chi connectivity index (χ4v) is 7.48. The fourth-order valence-electron chi connectivity index (χ4n) is 7.48. The molecule has 226 valence electrons. The molecule has 42 heavy (non-hydrogen) atoms. The van der Waals surface area contributed by atoms with Crippen molar-refractivity contribution in [1.82, 2.24) is 19.7 Å². The van der Waals surface area contributed by atoms with Crippen molar-refractivity contribution in [2.45, 2.75) is 50.6 Å². The zero-order valence-corrected chi connectivity index (χ0v) is 23.8. The molecule has 1 aromatic carbocycles. The molecule has 0 spiro atoms. The maximum Gasteiger partial charge on any atom is 0.433 e. The number of hydrogen-bond acceptors (Lipinski definition) is 4. The number of nitrogens with zero attached hydrogens (tertiary/aromatic N) is 4. The van der Waals surface area contributed by atoms with Crippen LogP contribution in [0.3, 0.4) is 0 Å². The van der Waals surface area contributed by atoms with Gasteiger partial charge in [0.15, 0.2) is 0 Å². The Morgan fingerprint density at radius 3 is 2.12 bits per heavy atom. The van der Waals surface area contributed by atoms with E-state index >= 15 is 0 Å². The number of fused-ring (bicyclic) bond motifs is 1. The molecule has 2 aromatic rings. The normalized spacial score (nSPS) is 25.2. The van der Waals surface area contributed by atoms with Crippen molar-refractivity contribution in [3.05, 3.63) is 64.5 Å². The van der Waals surface area contributed by atoms with Crippen LogP contribution in [0.25, 0.3) is 0 Å². The highest BCUT2D eigenvalue weighted by atomic mass is 19.4. The van der Waals surface area contributed by atoms with E-state index in [4.69, 9.17) is 0 Å². The molecule has 4 fully saturated rings. The van der Waals surface area contributed by atoms with Gasteiger partial charge in [0, 0.05) is 63.4 Å². The van der Waals surface area contributed by atoms with Gasteiger partial charge in [-0.2, -0.15) is 13.2 Å². The van der Waals surface area contributed by atoms with E-state index in [1.165, 1.54) is 13.8 Å². The lowest BCUT2D eigenvalue weighted by atomic mass is 9.69. The summed E-state index contributed by atoms with van der Waals surface area (Å²) in [6, 6.07) is 11.0. The second kappa shape index (κ2) is 10.3. The predicted octanol–water partition coefficient (Wildman–Crippen LogP) is 4.94. The molecule has 1 saturated carbocycles. The van der Waals surface area contributed by atoms with Gasteiger partial charge in [-0.1, -0.05) is 30.3 Å². The number of likely N-dealkylation sites (tertiary alicyclic amines) is 3. The van der Waals surface area contributed by atoms with Gasteiger partial charge in [-0.25, -0.2) is 13.8 Å². The second-order valence-corrected chi connectivity index (χ2v) is 12.8. The maximum atomic E-state index is 13.3. The minimum atomic E-state index is -4.56. The average Bonchev–Trinajstić information content (AvgIpc) is 3.45. The van der Waals surface area contributed by atoms with Gasteiger partial charge in [0.1, 0.15) is 5.69 Å². The summed E-state index contributed by atoms with van der Waals surface area (Å²) in [4.78, 5) is 35.7. The van der Waals surface area contributed by atoms with E-state index in [1.807, 2.05) is 18.2 Å². The van der Waals surface area contributed by atoms with Gasteiger partial charge in [-0.3, -0.25) is 9.59 Å². The van der Waals surface area contributed by atoms with Crippen LogP contribution in [0.1, 0.15) is 52.1 Å². The smallest absolute Gasteiger partial charge is 0.341 e. The summed E-state index contributed by atoms with van der Waals surface area (Å²) in [5, 5.41) is 0. The Balaban J connectivity index is 1.06. The van der Waals surface area contributed by atoms with Gasteiger partial charge in [0.25, 0.3) is 5.91 Å². The number of amides is 2. The second-order valence-electron chi connectivity index (χ2n) is 12.8. The number of alkyl halides is 5. The predicted molar refractivity (Wildman–Crippen MR) is 145 cm³/mol. The SMILES string of the molecule is Cc1cc(C(F)(F)F)nc(C)c1C(=O)N1C[C@H]2CN(CCC3(c4ccccc4)CN(C(=O)C4CC(F)(F)C4)C3)C[C@H]2C1. The van der Waals surface area contributed by atoms with E-state index in [0.29, 0.717) is 26.2 Å². The molecule has 2 amide bonds. The lowest BCUT2D eigenvalue weighted by Crippen LogP contribution is -2.64. The van der Waals surface area contributed by atoms with E-state index in [-0.39, 0.29) is 58.7 Å². The zero-order chi connectivity index (χ0) is 30.0. The molecule has 1 aromatic heterocycles. The van der Waals surface area contributed by atoms with E-state index in [2.05, 4.69) is 22.0 Å². The summed E-state index contributed by atoms with van der Waals surface area (Å²) >= 11 is 0.